The van der Waals surface area contributed by atoms with Gasteiger partial charge in [0.1, 0.15) is 17.3 Å². The number of hydrogen-bond acceptors (Lipinski definition) is 8. The first-order valence-electron chi connectivity index (χ1n) is 11.4. The van der Waals surface area contributed by atoms with Crippen LogP contribution in [0.15, 0.2) is 59.9 Å². The summed E-state index contributed by atoms with van der Waals surface area (Å²) in [7, 11) is 2.19. The number of pyridine rings is 3. The Bertz CT molecular complexity index is 1320. The maximum atomic E-state index is 12.8. The summed E-state index contributed by atoms with van der Waals surface area (Å²) in [5.74, 6) is 1.73. The number of oxazole rings is 1. The third-order valence-corrected chi connectivity index (χ3v) is 6.96. The van der Waals surface area contributed by atoms with Gasteiger partial charge in [-0.15, -0.1) is 0 Å². The van der Waals surface area contributed by atoms with Gasteiger partial charge >= 0.3 is 0 Å². The van der Waals surface area contributed by atoms with E-state index in [9.17, 15) is 4.79 Å². The van der Waals surface area contributed by atoms with Crippen molar-refractivity contribution in [3.8, 4) is 11.5 Å². The molecule has 0 atom stereocenters. The molecule has 1 N–H and O–H groups in total. The van der Waals surface area contributed by atoms with E-state index in [2.05, 4.69) is 37.1 Å². The van der Waals surface area contributed by atoms with Crippen LogP contribution >= 0.6 is 0 Å². The average molecular weight is 456 g/mol. The Labute approximate surface area is 196 Å². The number of piperidine rings is 1. The number of anilines is 2. The Balaban J connectivity index is 1.36. The zero-order valence-corrected chi connectivity index (χ0v) is 18.9. The van der Waals surface area contributed by atoms with Crippen LogP contribution in [0.2, 0.25) is 0 Å². The summed E-state index contributed by atoms with van der Waals surface area (Å²) in [6.45, 7) is 4.20. The molecule has 9 nitrogen and oxygen atoms in total. The molecule has 2 aliphatic heterocycles. The van der Waals surface area contributed by atoms with E-state index in [1.807, 2.05) is 18.3 Å². The first kappa shape index (κ1) is 20.7. The van der Waals surface area contributed by atoms with Gasteiger partial charge in [-0.05, 0) is 62.6 Å². The maximum absolute atomic E-state index is 12.8. The SMILES string of the molecule is CN1CCC2(CC1)CN(c1nc(NC(=O)c3ccncc3)cc3cc(-c4cnco4)ncc13)C2. The number of rotatable bonds is 4. The molecule has 4 aromatic rings. The highest BCUT2D eigenvalue weighted by molar-refractivity contribution is 6.05. The largest absolute Gasteiger partial charge is 0.442 e. The molecule has 9 heteroatoms. The van der Waals surface area contributed by atoms with Crippen LogP contribution < -0.4 is 10.2 Å². The fourth-order valence-electron chi connectivity index (χ4n) is 4.93. The van der Waals surface area contributed by atoms with Crippen molar-refractivity contribution in [3.63, 3.8) is 0 Å². The molecule has 0 bridgehead atoms. The van der Waals surface area contributed by atoms with Crippen molar-refractivity contribution in [2.75, 3.05) is 43.4 Å². The molecule has 6 heterocycles. The van der Waals surface area contributed by atoms with E-state index in [1.54, 1.807) is 30.7 Å². The first-order valence-corrected chi connectivity index (χ1v) is 11.4. The smallest absolute Gasteiger partial charge is 0.256 e. The fourth-order valence-corrected chi connectivity index (χ4v) is 4.93. The van der Waals surface area contributed by atoms with Gasteiger partial charge < -0.3 is 19.5 Å². The molecular formula is C25H25N7O2. The molecular weight excluding hydrogens is 430 g/mol. The molecule has 0 aromatic carbocycles. The molecule has 0 saturated carbocycles. The van der Waals surface area contributed by atoms with Crippen molar-refractivity contribution in [2.24, 2.45) is 5.41 Å². The minimum atomic E-state index is -0.222. The van der Waals surface area contributed by atoms with E-state index in [1.165, 1.54) is 19.2 Å². The number of carbonyl (C=O) groups is 1. The van der Waals surface area contributed by atoms with Gasteiger partial charge in [-0.25, -0.2) is 9.97 Å². The standard InChI is InChI=1S/C25H25N7O2/c1-31-8-4-25(5-9-31)14-32(15-25)23-19-12-28-20(21-13-27-16-34-21)10-18(19)11-22(29-23)30-24(33)17-2-6-26-7-3-17/h2-3,6-7,10-13,16H,4-5,8-9,14-15H2,1H3,(H,29,30,33). The number of nitrogens with zero attached hydrogens (tertiary/aromatic N) is 6. The molecule has 0 aliphatic carbocycles. The number of likely N-dealkylation sites (tertiary alicyclic amines) is 1. The van der Waals surface area contributed by atoms with Crippen molar-refractivity contribution in [1.82, 2.24) is 24.8 Å². The third-order valence-electron chi connectivity index (χ3n) is 6.96. The van der Waals surface area contributed by atoms with Crippen molar-refractivity contribution < 1.29 is 9.21 Å². The predicted octanol–water partition coefficient (Wildman–Crippen LogP) is 3.46. The highest BCUT2D eigenvalue weighted by Crippen LogP contribution is 2.44. The highest BCUT2D eigenvalue weighted by atomic mass is 16.3. The highest BCUT2D eigenvalue weighted by Gasteiger charge is 2.45. The molecule has 1 spiro atoms. The number of aromatic nitrogens is 4. The van der Waals surface area contributed by atoms with Crippen molar-refractivity contribution >= 4 is 28.3 Å². The summed E-state index contributed by atoms with van der Waals surface area (Å²) in [5.41, 5.74) is 1.57. The van der Waals surface area contributed by atoms with Crippen LogP contribution in [0.4, 0.5) is 11.6 Å². The zero-order chi connectivity index (χ0) is 23.1. The second kappa shape index (κ2) is 8.18. The third kappa shape index (κ3) is 3.77. The Morgan fingerprint density at radius 2 is 1.88 bits per heavy atom. The normalized spacial score (nSPS) is 17.6. The lowest BCUT2D eigenvalue weighted by Gasteiger charge is -2.54. The Kier molecular flexibility index (Phi) is 4.99. The van der Waals surface area contributed by atoms with E-state index in [0.717, 1.165) is 42.8 Å². The summed E-state index contributed by atoms with van der Waals surface area (Å²) < 4.78 is 5.44. The number of fused-ring (bicyclic) bond motifs is 1. The molecule has 4 aromatic heterocycles. The average Bonchev–Trinajstić information content (AvgIpc) is 3.38. The van der Waals surface area contributed by atoms with Crippen LogP contribution in [0.3, 0.4) is 0 Å². The van der Waals surface area contributed by atoms with Crippen molar-refractivity contribution in [1.29, 1.82) is 0 Å². The lowest BCUT2D eigenvalue weighted by atomic mass is 9.72. The van der Waals surface area contributed by atoms with Gasteiger partial charge in [-0.1, -0.05) is 0 Å². The summed E-state index contributed by atoms with van der Waals surface area (Å²) in [5, 5.41) is 4.84. The Morgan fingerprint density at radius 3 is 2.62 bits per heavy atom. The summed E-state index contributed by atoms with van der Waals surface area (Å²) in [6.07, 6.45) is 10.5. The van der Waals surface area contributed by atoms with Crippen LogP contribution in [0.1, 0.15) is 23.2 Å². The summed E-state index contributed by atoms with van der Waals surface area (Å²) in [4.78, 5) is 35.0. The lowest BCUT2D eigenvalue weighted by Crippen LogP contribution is -2.60. The van der Waals surface area contributed by atoms with Crippen molar-refractivity contribution in [3.05, 3.63) is 61.0 Å². The van der Waals surface area contributed by atoms with Gasteiger partial charge in [0.05, 0.1) is 6.20 Å². The van der Waals surface area contributed by atoms with E-state index < -0.39 is 0 Å². The lowest BCUT2D eigenvalue weighted by molar-refractivity contribution is 0.0903. The number of hydrogen-bond donors (Lipinski definition) is 1. The molecule has 2 saturated heterocycles. The molecule has 172 valence electrons. The maximum Gasteiger partial charge on any atom is 0.256 e. The molecule has 34 heavy (non-hydrogen) atoms. The van der Waals surface area contributed by atoms with Crippen LogP contribution in [0.5, 0.6) is 0 Å². The van der Waals surface area contributed by atoms with Crippen LogP contribution in [0, 0.1) is 5.41 Å². The molecule has 2 fully saturated rings. The van der Waals surface area contributed by atoms with Gasteiger partial charge in [-0.3, -0.25) is 14.8 Å². The van der Waals surface area contributed by atoms with E-state index >= 15 is 0 Å². The number of amides is 1. The molecule has 1 amide bonds. The van der Waals surface area contributed by atoms with Crippen molar-refractivity contribution in [2.45, 2.75) is 12.8 Å². The summed E-state index contributed by atoms with van der Waals surface area (Å²) >= 11 is 0. The Hall–Kier alpha value is -3.85. The van der Waals surface area contributed by atoms with Gasteiger partial charge in [0, 0.05) is 48.0 Å². The molecule has 0 radical (unpaired) electrons. The van der Waals surface area contributed by atoms with Crippen LogP contribution in [-0.4, -0.2) is 64.0 Å². The van der Waals surface area contributed by atoms with Crippen LogP contribution in [0.25, 0.3) is 22.2 Å². The zero-order valence-electron chi connectivity index (χ0n) is 18.9. The minimum Gasteiger partial charge on any atom is -0.442 e. The van der Waals surface area contributed by atoms with Gasteiger partial charge in [0.2, 0.25) is 0 Å². The Morgan fingerprint density at radius 1 is 1.09 bits per heavy atom. The topological polar surface area (TPSA) is 100 Å². The fraction of sp³-hybridized carbons (Fsp3) is 0.320. The molecule has 6 rings (SSSR count). The quantitative estimate of drug-likeness (QED) is 0.499. The summed E-state index contributed by atoms with van der Waals surface area (Å²) in [6, 6.07) is 7.20. The second-order valence-corrected chi connectivity index (χ2v) is 9.34. The number of carbonyl (C=O) groups excluding carboxylic acids is 1. The van der Waals surface area contributed by atoms with Gasteiger partial charge in [-0.2, -0.15) is 0 Å². The molecule has 0 unspecified atom stereocenters. The van der Waals surface area contributed by atoms with Gasteiger partial charge in [0.15, 0.2) is 12.2 Å². The molecule has 2 aliphatic rings. The number of nitrogens with one attached hydrogen (secondary N) is 1. The van der Waals surface area contributed by atoms with E-state index in [4.69, 9.17) is 9.40 Å². The van der Waals surface area contributed by atoms with Crippen LogP contribution in [-0.2, 0) is 0 Å². The van der Waals surface area contributed by atoms with Gasteiger partial charge in [0.25, 0.3) is 5.91 Å². The monoisotopic (exact) mass is 455 g/mol. The first-order chi connectivity index (χ1) is 16.6. The second-order valence-electron chi connectivity index (χ2n) is 9.34. The predicted molar refractivity (Wildman–Crippen MR) is 129 cm³/mol. The van der Waals surface area contributed by atoms with E-state index in [0.29, 0.717) is 28.3 Å². The minimum absolute atomic E-state index is 0.222. The van der Waals surface area contributed by atoms with E-state index in [-0.39, 0.29) is 5.91 Å².